The standard InChI is InChI=1S/C15H20BrN5O2S/c1-11-19-14(10-15(20-11)21(2)3)17-8-9-18-24(22,23)13-6-4-12(16)5-7-13/h4-7,10,18H,8-9H2,1-3H3,(H,17,19,20). The molecule has 2 aromatic rings. The van der Waals surface area contributed by atoms with Gasteiger partial charge < -0.3 is 10.2 Å². The van der Waals surface area contributed by atoms with E-state index in [2.05, 4.69) is 35.9 Å². The third-order valence-electron chi connectivity index (χ3n) is 3.13. The van der Waals surface area contributed by atoms with E-state index in [4.69, 9.17) is 0 Å². The molecule has 0 aliphatic rings. The van der Waals surface area contributed by atoms with E-state index in [9.17, 15) is 8.42 Å². The molecule has 0 atom stereocenters. The minimum Gasteiger partial charge on any atom is -0.369 e. The fraction of sp³-hybridized carbons (Fsp3) is 0.333. The summed E-state index contributed by atoms with van der Waals surface area (Å²) in [5, 5.41) is 3.10. The van der Waals surface area contributed by atoms with Crippen molar-refractivity contribution in [2.45, 2.75) is 11.8 Å². The van der Waals surface area contributed by atoms with Crippen LogP contribution in [0.15, 0.2) is 39.7 Å². The summed E-state index contributed by atoms with van der Waals surface area (Å²) in [7, 11) is 0.288. The highest BCUT2D eigenvalue weighted by Gasteiger charge is 2.12. The van der Waals surface area contributed by atoms with Crippen LogP contribution >= 0.6 is 15.9 Å². The highest BCUT2D eigenvalue weighted by atomic mass is 79.9. The van der Waals surface area contributed by atoms with Crippen LogP contribution in [0.2, 0.25) is 0 Å². The molecule has 1 aromatic carbocycles. The Bertz CT molecular complexity index is 794. The Kier molecular flexibility index (Phi) is 6.14. The van der Waals surface area contributed by atoms with Crippen LogP contribution in [-0.4, -0.2) is 45.6 Å². The van der Waals surface area contributed by atoms with Crippen LogP contribution in [0.4, 0.5) is 11.6 Å². The van der Waals surface area contributed by atoms with Crippen molar-refractivity contribution in [2.24, 2.45) is 0 Å². The van der Waals surface area contributed by atoms with Crippen molar-refractivity contribution >= 4 is 37.6 Å². The molecule has 0 unspecified atom stereocenters. The topological polar surface area (TPSA) is 87.2 Å². The molecule has 0 saturated heterocycles. The average Bonchev–Trinajstić information content (AvgIpc) is 2.51. The Labute approximate surface area is 150 Å². The number of sulfonamides is 1. The minimum absolute atomic E-state index is 0.235. The van der Waals surface area contributed by atoms with Gasteiger partial charge in [-0.2, -0.15) is 0 Å². The van der Waals surface area contributed by atoms with Gasteiger partial charge in [-0.3, -0.25) is 0 Å². The maximum absolute atomic E-state index is 12.2. The summed E-state index contributed by atoms with van der Waals surface area (Å²) in [6.45, 7) is 2.48. The summed E-state index contributed by atoms with van der Waals surface area (Å²) in [6.07, 6.45) is 0. The van der Waals surface area contributed by atoms with E-state index in [-0.39, 0.29) is 11.4 Å². The molecule has 0 bridgehead atoms. The van der Waals surface area contributed by atoms with Crippen molar-refractivity contribution in [3.05, 3.63) is 40.6 Å². The number of hydrogen-bond acceptors (Lipinski definition) is 6. The predicted octanol–water partition coefficient (Wildman–Crippen LogP) is 2.00. The number of nitrogens with one attached hydrogen (secondary N) is 2. The Balaban J connectivity index is 1.92. The van der Waals surface area contributed by atoms with E-state index < -0.39 is 10.0 Å². The molecular formula is C15H20BrN5O2S. The zero-order chi connectivity index (χ0) is 17.7. The van der Waals surface area contributed by atoms with Gasteiger partial charge in [0.1, 0.15) is 17.5 Å². The van der Waals surface area contributed by atoms with Gasteiger partial charge in [-0.15, -0.1) is 0 Å². The van der Waals surface area contributed by atoms with Crippen molar-refractivity contribution in [2.75, 3.05) is 37.4 Å². The van der Waals surface area contributed by atoms with Gasteiger partial charge >= 0.3 is 0 Å². The average molecular weight is 414 g/mol. The second-order valence-corrected chi connectivity index (χ2v) is 8.01. The molecule has 2 rings (SSSR count). The second kappa shape index (κ2) is 7.91. The summed E-state index contributed by atoms with van der Waals surface area (Å²) < 4.78 is 27.7. The molecule has 130 valence electrons. The van der Waals surface area contributed by atoms with Gasteiger partial charge in [0, 0.05) is 37.7 Å². The molecule has 0 radical (unpaired) electrons. The van der Waals surface area contributed by atoms with Gasteiger partial charge in [-0.25, -0.2) is 23.1 Å². The van der Waals surface area contributed by atoms with Crippen molar-refractivity contribution in [3.63, 3.8) is 0 Å². The Hall–Kier alpha value is -1.71. The minimum atomic E-state index is -3.51. The molecule has 7 nitrogen and oxygen atoms in total. The van der Waals surface area contributed by atoms with E-state index in [1.165, 1.54) is 0 Å². The van der Waals surface area contributed by atoms with Crippen molar-refractivity contribution in [1.82, 2.24) is 14.7 Å². The molecule has 0 amide bonds. The molecule has 0 spiro atoms. The van der Waals surface area contributed by atoms with Gasteiger partial charge in [0.25, 0.3) is 0 Å². The summed E-state index contributed by atoms with van der Waals surface area (Å²) >= 11 is 3.28. The van der Waals surface area contributed by atoms with E-state index in [1.807, 2.05) is 32.0 Å². The molecule has 9 heteroatoms. The zero-order valence-electron chi connectivity index (χ0n) is 13.7. The summed E-state index contributed by atoms with van der Waals surface area (Å²) in [4.78, 5) is 10.7. The SMILES string of the molecule is Cc1nc(NCCNS(=O)(=O)c2ccc(Br)cc2)cc(N(C)C)n1. The molecule has 2 N–H and O–H groups in total. The molecule has 0 aliphatic carbocycles. The van der Waals surface area contributed by atoms with Crippen molar-refractivity contribution in [1.29, 1.82) is 0 Å². The van der Waals surface area contributed by atoms with Gasteiger partial charge in [0.2, 0.25) is 10.0 Å². The van der Waals surface area contributed by atoms with Crippen LogP contribution in [-0.2, 0) is 10.0 Å². The number of benzene rings is 1. The molecule has 0 aliphatic heterocycles. The van der Waals surface area contributed by atoms with Crippen LogP contribution in [0.25, 0.3) is 0 Å². The lowest BCUT2D eigenvalue weighted by Crippen LogP contribution is -2.29. The molecule has 0 fully saturated rings. The number of aromatic nitrogens is 2. The first-order valence-electron chi connectivity index (χ1n) is 7.30. The lowest BCUT2D eigenvalue weighted by atomic mass is 10.4. The van der Waals surface area contributed by atoms with Gasteiger partial charge in [0.15, 0.2) is 0 Å². The number of halogens is 1. The third-order valence-corrected chi connectivity index (χ3v) is 5.14. The molecule has 24 heavy (non-hydrogen) atoms. The van der Waals surface area contributed by atoms with Crippen molar-refractivity contribution in [3.8, 4) is 0 Å². The van der Waals surface area contributed by atoms with Gasteiger partial charge in [-0.05, 0) is 31.2 Å². The normalized spacial score (nSPS) is 11.3. The second-order valence-electron chi connectivity index (χ2n) is 5.33. The molecular weight excluding hydrogens is 394 g/mol. The first-order chi connectivity index (χ1) is 11.3. The van der Waals surface area contributed by atoms with E-state index in [0.717, 1.165) is 10.3 Å². The van der Waals surface area contributed by atoms with Gasteiger partial charge in [-0.1, -0.05) is 15.9 Å². The van der Waals surface area contributed by atoms with Crippen LogP contribution in [0.3, 0.4) is 0 Å². The maximum Gasteiger partial charge on any atom is 0.240 e. The largest absolute Gasteiger partial charge is 0.369 e. The van der Waals surface area contributed by atoms with E-state index in [1.54, 1.807) is 24.3 Å². The fourth-order valence-electron chi connectivity index (χ4n) is 1.94. The highest BCUT2D eigenvalue weighted by molar-refractivity contribution is 9.10. The van der Waals surface area contributed by atoms with Crippen LogP contribution in [0.5, 0.6) is 0 Å². The zero-order valence-corrected chi connectivity index (χ0v) is 16.1. The lowest BCUT2D eigenvalue weighted by Gasteiger charge is -2.14. The molecule has 1 heterocycles. The van der Waals surface area contributed by atoms with Crippen LogP contribution in [0.1, 0.15) is 5.82 Å². The van der Waals surface area contributed by atoms with Crippen molar-refractivity contribution < 1.29 is 8.42 Å². The quantitative estimate of drug-likeness (QED) is 0.674. The Morgan fingerprint density at radius 3 is 2.42 bits per heavy atom. The first kappa shape index (κ1) is 18.6. The van der Waals surface area contributed by atoms with Crippen LogP contribution < -0.4 is 14.9 Å². The first-order valence-corrected chi connectivity index (χ1v) is 9.58. The number of rotatable bonds is 7. The summed E-state index contributed by atoms with van der Waals surface area (Å²) in [5.74, 6) is 2.11. The Morgan fingerprint density at radius 2 is 1.79 bits per heavy atom. The van der Waals surface area contributed by atoms with E-state index >= 15 is 0 Å². The number of aryl methyl sites for hydroxylation is 1. The van der Waals surface area contributed by atoms with Gasteiger partial charge in [0.05, 0.1) is 4.90 Å². The predicted molar refractivity (Wildman–Crippen MR) is 98.9 cm³/mol. The third kappa shape index (κ3) is 5.15. The number of hydrogen-bond donors (Lipinski definition) is 2. The summed E-state index contributed by atoms with van der Waals surface area (Å²) in [6, 6.07) is 8.31. The fourth-order valence-corrected chi connectivity index (χ4v) is 3.24. The monoisotopic (exact) mass is 413 g/mol. The summed E-state index contributed by atoms with van der Waals surface area (Å²) in [5.41, 5.74) is 0. The number of nitrogens with zero attached hydrogens (tertiary/aromatic N) is 3. The maximum atomic E-state index is 12.2. The highest BCUT2D eigenvalue weighted by Crippen LogP contribution is 2.15. The van der Waals surface area contributed by atoms with E-state index in [0.29, 0.717) is 18.2 Å². The van der Waals surface area contributed by atoms with Crippen LogP contribution in [0, 0.1) is 6.92 Å². The molecule has 1 aromatic heterocycles. The Morgan fingerprint density at radius 1 is 1.12 bits per heavy atom. The smallest absolute Gasteiger partial charge is 0.240 e. The number of anilines is 2. The lowest BCUT2D eigenvalue weighted by molar-refractivity contribution is 0.583. The molecule has 0 saturated carbocycles.